The summed E-state index contributed by atoms with van der Waals surface area (Å²) in [7, 11) is 0. The number of fused-ring (bicyclic) bond motifs is 1. The number of nitrogens with zero attached hydrogens (tertiary/aromatic N) is 2. The van der Waals surface area contributed by atoms with E-state index in [9.17, 15) is 4.79 Å². The lowest BCUT2D eigenvalue weighted by Gasteiger charge is -2.25. The first-order chi connectivity index (χ1) is 15.8. The van der Waals surface area contributed by atoms with Crippen LogP contribution in [0.1, 0.15) is 15.9 Å². The Hall–Kier alpha value is -3.50. The molecule has 1 aliphatic heterocycles. The Bertz CT molecular complexity index is 1220. The summed E-state index contributed by atoms with van der Waals surface area (Å²) >= 11 is 0. The molecule has 3 aromatic carbocycles. The Labute approximate surface area is 188 Å². The fourth-order valence-corrected chi connectivity index (χ4v) is 4.54. The summed E-state index contributed by atoms with van der Waals surface area (Å²) < 4.78 is 5.91. The number of para-hydroxylation sites is 1. The molecule has 1 amide bonds. The van der Waals surface area contributed by atoms with Crippen molar-refractivity contribution < 1.29 is 9.53 Å². The van der Waals surface area contributed by atoms with Crippen LogP contribution in [-0.4, -0.2) is 42.1 Å². The van der Waals surface area contributed by atoms with Crippen LogP contribution < -0.4 is 0 Å². The van der Waals surface area contributed by atoms with Crippen molar-refractivity contribution in [2.75, 3.05) is 26.3 Å². The van der Waals surface area contributed by atoms with Gasteiger partial charge in [0.1, 0.15) is 0 Å². The van der Waals surface area contributed by atoms with Gasteiger partial charge in [0.05, 0.1) is 18.7 Å². The van der Waals surface area contributed by atoms with Crippen molar-refractivity contribution >= 4 is 16.8 Å². The zero-order valence-corrected chi connectivity index (χ0v) is 18.0. The van der Waals surface area contributed by atoms with Crippen LogP contribution in [0.5, 0.6) is 0 Å². The highest BCUT2D eigenvalue weighted by Crippen LogP contribution is 2.26. The Morgan fingerprint density at radius 1 is 0.938 bits per heavy atom. The van der Waals surface area contributed by atoms with E-state index in [2.05, 4.69) is 29.2 Å². The third kappa shape index (κ3) is 4.27. The van der Waals surface area contributed by atoms with Crippen LogP contribution >= 0.6 is 0 Å². The van der Waals surface area contributed by atoms with Crippen molar-refractivity contribution in [1.29, 1.82) is 0 Å². The lowest BCUT2D eigenvalue weighted by atomic mass is 9.96. The van der Waals surface area contributed by atoms with Crippen molar-refractivity contribution in [2.24, 2.45) is 5.92 Å². The molecule has 0 N–H and O–H groups in total. The largest absolute Gasteiger partial charge is 0.379 e. The lowest BCUT2D eigenvalue weighted by molar-refractivity contribution is 0.0738. The molecule has 1 aromatic heterocycles. The molecule has 0 saturated carbocycles. The highest BCUT2D eigenvalue weighted by atomic mass is 16.5. The molecule has 2 heterocycles. The number of rotatable bonds is 4. The predicted molar refractivity (Wildman–Crippen MR) is 128 cm³/mol. The summed E-state index contributed by atoms with van der Waals surface area (Å²) in [5.74, 6) is 0.286. The molecule has 4 heteroatoms. The first kappa shape index (κ1) is 20.4. The van der Waals surface area contributed by atoms with E-state index in [0.29, 0.717) is 26.3 Å². The summed E-state index contributed by atoms with van der Waals surface area (Å²) in [6.07, 6.45) is 2.67. The van der Waals surface area contributed by atoms with Gasteiger partial charge in [0.15, 0.2) is 0 Å². The van der Waals surface area contributed by atoms with Gasteiger partial charge in [-0.25, -0.2) is 0 Å². The summed E-state index contributed by atoms with van der Waals surface area (Å²) in [5, 5.41) is 1.14. The van der Waals surface area contributed by atoms with E-state index in [1.54, 1.807) is 0 Å². The second-order valence-corrected chi connectivity index (χ2v) is 8.30. The first-order valence-electron chi connectivity index (χ1n) is 11.1. The van der Waals surface area contributed by atoms with E-state index in [0.717, 1.165) is 34.0 Å². The summed E-state index contributed by atoms with van der Waals surface area (Å²) in [4.78, 5) is 20.2. The quantitative estimate of drug-likeness (QED) is 0.452. The molecule has 1 aliphatic rings. The maximum atomic E-state index is 13.6. The van der Waals surface area contributed by atoms with Crippen LogP contribution in [0.2, 0.25) is 0 Å². The van der Waals surface area contributed by atoms with Crippen LogP contribution in [0.25, 0.3) is 22.0 Å². The molecule has 0 bridgehead atoms. The van der Waals surface area contributed by atoms with Crippen molar-refractivity contribution in [1.82, 2.24) is 9.88 Å². The number of pyridine rings is 1. The topological polar surface area (TPSA) is 42.4 Å². The highest BCUT2D eigenvalue weighted by molar-refractivity contribution is 6.01. The van der Waals surface area contributed by atoms with E-state index in [1.807, 2.05) is 71.8 Å². The molecule has 32 heavy (non-hydrogen) atoms. The number of aromatic nitrogens is 1. The maximum absolute atomic E-state index is 13.6. The third-order valence-corrected chi connectivity index (χ3v) is 6.09. The van der Waals surface area contributed by atoms with Gasteiger partial charge in [0.2, 0.25) is 0 Å². The number of hydrogen-bond donors (Lipinski definition) is 0. The van der Waals surface area contributed by atoms with Crippen LogP contribution in [0.3, 0.4) is 0 Å². The molecule has 5 rings (SSSR count). The smallest absolute Gasteiger partial charge is 0.254 e. The maximum Gasteiger partial charge on any atom is 0.254 e. The molecule has 1 fully saturated rings. The molecular formula is C28H26N2O2. The zero-order valence-electron chi connectivity index (χ0n) is 18.0. The monoisotopic (exact) mass is 422 g/mol. The second kappa shape index (κ2) is 9.33. The predicted octanol–water partition coefficient (Wildman–Crippen LogP) is 5.23. The summed E-state index contributed by atoms with van der Waals surface area (Å²) in [5.41, 5.74) is 5.01. The van der Waals surface area contributed by atoms with E-state index in [-0.39, 0.29) is 11.8 Å². The van der Waals surface area contributed by atoms with E-state index < -0.39 is 0 Å². The molecular weight excluding hydrogens is 396 g/mol. The fraction of sp³-hybridized carbons (Fsp3) is 0.214. The molecule has 160 valence electrons. The number of amides is 1. The van der Waals surface area contributed by atoms with Crippen LogP contribution in [0.15, 0.2) is 91.1 Å². The number of hydrogen-bond acceptors (Lipinski definition) is 3. The van der Waals surface area contributed by atoms with Gasteiger partial charge in [0.25, 0.3) is 5.91 Å². The summed E-state index contributed by atoms with van der Waals surface area (Å²) in [6.45, 7) is 2.48. The van der Waals surface area contributed by atoms with Gasteiger partial charge in [-0.15, -0.1) is 0 Å². The summed E-state index contributed by atoms with van der Waals surface area (Å²) in [6, 6.07) is 28.3. The molecule has 0 spiro atoms. The first-order valence-corrected chi connectivity index (χ1v) is 11.1. The van der Waals surface area contributed by atoms with Gasteiger partial charge in [-0.05, 0) is 35.2 Å². The average molecular weight is 423 g/mol. The van der Waals surface area contributed by atoms with Crippen molar-refractivity contribution in [2.45, 2.75) is 6.42 Å². The fourth-order valence-electron chi connectivity index (χ4n) is 4.54. The van der Waals surface area contributed by atoms with E-state index in [4.69, 9.17) is 4.74 Å². The zero-order chi connectivity index (χ0) is 21.8. The second-order valence-electron chi connectivity index (χ2n) is 8.30. The minimum Gasteiger partial charge on any atom is -0.379 e. The van der Waals surface area contributed by atoms with Gasteiger partial charge >= 0.3 is 0 Å². The van der Waals surface area contributed by atoms with Crippen molar-refractivity contribution in [3.8, 4) is 11.1 Å². The van der Waals surface area contributed by atoms with E-state index in [1.165, 1.54) is 5.56 Å². The van der Waals surface area contributed by atoms with Gasteiger partial charge in [0, 0.05) is 36.2 Å². The SMILES string of the molecule is O=C(c1ccccc1-c1ccccc1)N1CCOC[C@@H](Cc2cccc3cccnc23)C1. The standard InChI is InChI=1S/C28H26N2O2/c31-28(26-14-5-4-13-25(26)22-8-2-1-3-9-22)30-16-17-32-20-21(19-30)18-24-11-6-10-23-12-7-15-29-27(23)24/h1-15,21H,16-20H2/t21-/m0/s1. The number of carbonyl (C=O) groups is 1. The van der Waals surface area contributed by atoms with Gasteiger partial charge < -0.3 is 9.64 Å². The number of carbonyl (C=O) groups excluding carboxylic acids is 1. The molecule has 4 nitrogen and oxygen atoms in total. The molecule has 0 aliphatic carbocycles. The Balaban J connectivity index is 1.40. The average Bonchev–Trinajstić information content (AvgIpc) is 3.10. The van der Waals surface area contributed by atoms with Crippen molar-refractivity contribution in [3.63, 3.8) is 0 Å². The molecule has 4 aromatic rings. The molecule has 0 radical (unpaired) electrons. The Kier molecular flexibility index (Phi) is 5.95. The molecule has 1 saturated heterocycles. The minimum atomic E-state index is 0.0657. The number of benzene rings is 3. The lowest BCUT2D eigenvalue weighted by Crippen LogP contribution is -2.36. The highest BCUT2D eigenvalue weighted by Gasteiger charge is 2.25. The molecule has 0 unspecified atom stereocenters. The normalized spacial score (nSPS) is 16.6. The van der Waals surface area contributed by atoms with Gasteiger partial charge in [-0.2, -0.15) is 0 Å². The molecule has 1 atom stereocenters. The van der Waals surface area contributed by atoms with Crippen LogP contribution in [0.4, 0.5) is 0 Å². The Morgan fingerprint density at radius 2 is 1.75 bits per heavy atom. The minimum absolute atomic E-state index is 0.0657. The van der Waals surface area contributed by atoms with Crippen molar-refractivity contribution in [3.05, 3.63) is 102 Å². The van der Waals surface area contributed by atoms with Gasteiger partial charge in [-0.1, -0.05) is 72.8 Å². The third-order valence-electron chi connectivity index (χ3n) is 6.09. The van der Waals surface area contributed by atoms with E-state index >= 15 is 0 Å². The number of ether oxygens (including phenoxy) is 1. The van der Waals surface area contributed by atoms with Crippen LogP contribution in [-0.2, 0) is 11.2 Å². The van der Waals surface area contributed by atoms with Gasteiger partial charge in [-0.3, -0.25) is 9.78 Å². The Morgan fingerprint density at radius 3 is 2.66 bits per heavy atom. The van der Waals surface area contributed by atoms with Crippen LogP contribution in [0, 0.1) is 5.92 Å².